The average molecular weight is 432 g/mol. The van der Waals surface area contributed by atoms with Crippen molar-refractivity contribution >= 4 is 34.7 Å². The van der Waals surface area contributed by atoms with E-state index in [1.165, 1.54) is 23.5 Å². The Hall–Kier alpha value is -3.27. The Labute approximate surface area is 176 Å². The van der Waals surface area contributed by atoms with Gasteiger partial charge < -0.3 is 14.5 Å². The Morgan fingerprint density at radius 1 is 1.17 bits per heavy atom. The maximum atomic E-state index is 13.7. The highest BCUT2D eigenvalue weighted by Gasteiger charge is 2.18. The molecule has 10 heteroatoms. The number of benzene rings is 1. The molecule has 2 heterocycles. The van der Waals surface area contributed by atoms with E-state index in [9.17, 15) is 14.0 Å². The number of halogens is 1. The van der Waals surface area contributed by atoms with Gasteiger partial charge in [0.05, 0.1) is 11.4 Å². The minimum atomic E-state index is -0.712. The van der Waals surface area contributed by atoms with Crippen molar-refractivity contribution in [1.29, 1.82) is 0 Å². The molecule has 0 radical (unpaired) electrons. The summed E-state index contributed by atoms with van der Waals surface area (Å²) in [4.78, 5) is 24.3. The van der Waals surface area contributed by atoms with Gasteiger partial charge in [-0.05, 0) is 50.4 Å². The van der Waals surface area contributed by atoms with Crippen LogP contribution in [0.25, 0.3) is 11.5 Å². The van der Waals surface area contributed by atoms with Crippen LogP contribution in [0.15, 0.2) is 39.4 Å². The summed E-state index contributed by atoms with van der Waals surface area (Å²) < 4.78 is 24.4. The van der Waals surface area contributed by atoms with Crippen LogP contribution in [0, 0.1) is 5.82 Å². The first-order chi connectivity index (χ1) is 14.2. The van der Waals surface area contributed by atoms with Crippen molar-refractivity contribution in [3.63, 3.8) is 0 Å². The Morgan fingerprint density at radius 3 is 2.67 bits per heavy atom. The minimum Gasteiger partial charge on any atom is -0.444 e. The van der Waals surface area contributed by atoms with Gasteiger partial charge in [-0.15, -0.1) is 10.2 Å². The molecule has 3 aromatic rings. The van der Waals surface area contributed by atoms with Crippen LogP contribution in [0.4, 0.5) is 20.6 Å². The van der Waals surface area contributed by atoms with Gasteiger partial charge in [-0.3, -0.25) is 10.1 Å². The van der Waals surface area contributed by atoms with Gasteiger partial charge >= 0.3 is 6.09 Å². The zero-order valence-electron chi connectivity index (χ0n) is 16.7. The van der Waals surface area contributed by atoms with E-state index < -0.39 is 23.4 Å². The van der Waals surface area contributed by atoms with Gasteiger partial charge in [0.25, 0.3) is 0 Å². The molecular formula is C20H21FN4O4S. The number of amides is 2. The number of hydrogen-bond acceptors (Lipinski definition) is 7. The van der Waals surface area contributed by atoms with Crippen LogP contribution in [0.5, 0.6) is 0 Å². The smallest absolute Gasteiger partial charge is 0.412 e. The molecule has 3 rings (SSSR count). The van der Waals surface area contributed by atoms with Crippen LogP contribution in [0.3, 0.4) is 0 Å². The first-order valence-electron chi connectivity index (χ1n) is 9.14. The lowest BCUT2D eigenvalue weighted by molar-refractivity contribution is -0.116. The van der Waals surface area contributed by atoms with Crippen LogP contribution in [-0.4, -0.2) is 27.8 Å². The Morgan fingerprint density at radius 2 is 1.97 bits per heavy atom. The number of rotatable bonds is 6. The van der Waals surface area contributed by atoms with Gasteiger partial charge in [0.2, 0.25) is 17.7 Å². The molecule has 0 atom stereocenters. The monoisotopic (exact) mass is 432 g/mol. The quantitative estimate of drug-likeness (QED) is 0.576. The van der Waals surface area contributed by atoms with Crippen molar-refractivity contribution in [3.05, 3.63) is 46.7 Å². The molecule has 2 aromatic heterocycles. The number of nitrogens with one attached hydrogen (secondary N) is 2. The molecular weight excluding hydrogens is 411 g/mol. The van der Waals surface area contributed by atoms with E-state index in [1.807, 2.05) is 16.8 Å². The van der Waals surface area contributed by atoms with E-state index in [0.717, 1.165) is 11.6 Å². The third-order valence-electron chi connectivity index (χ3n) is 3.69. The summed E-state index contributed by atoms with van der Waals surface area (Å²) in [6.07, 6.45) is -0.461. The molecule has 0 saturated heterocycles. The molecule has 8 nitrogen and oxygen atoms in total. The normalized spacial score (nSPS) is 11.2. The maximum Gasteiger partial charge on any atom is 0.412 e. The third-order valence-corrected chi connectivity index (χ3v) is 4.38. The van der Waals surface area contributed by atoms with E-state index >= 15 is 0 Å². The molecule has 0 unspecified atom stereocenters. The van der Waals surface area contributed by atoms with Crippen molar-refractivity contribution in [1.82, 2.24) is 10.2 Å². The fraction of sp³-hybridized carbons (Fsp3) is 0.300. The first-order valence-corrected chi connectivity index (χ1v) is 10.1. The Balaban J connectivity index is 1.60. The van der Waals surface area contributed by atoms with E-state index in [1.54, 1.807) is 20.8 Å². The summed E-state index contributed by atoms with van der Waals surface area (Å²) in [5, 5.41) is 16.8. The third kappa shape index (κ3) is 6.11. The zero-order chi connectivity index (χ0) is 21.7. The predicted molar refractivity (Wildman–Crippen MR) is 111 cm³/mol. The van der Waals surface area contributed by atoms with Gasteiger partial charge in [0.15, 0.2) is 0 Å². The number of carbonyl (C=O) groups is 2. The summed E-state index contributed by atoms with van der Waals surface area (Å²) >= 11 is 1.51. The molecule has 0 spiro atoms. The van der Waals surface area contributed by atoms with Crippen molar-refractivity contribution in [3.8, 4) is 11.5 Å². The van der Waals surface area contributed by atoms with Crippen LogP contribution < -0.4 is 10.6 Å². The highest BCUT2D eigenvalue weighted by atomic mass is 32.1. The summed E-state index contributed by atoms with van der Waals surface area (Å²) in [5.74, 6) is -0.251. The molecule has 0 fully saturated rings. The highest BCUT2D eigenvalue weighted by molar-refractivity contribution is 7.08. The van der Waals surface area contributed by atoms with Gasteiger partial charge in [0.1, 0.15) is 11.4 Å². The number of hydrogen-bond donors (Lipinski definition) is 2. The predicted octanol–water partition coefficient (Wildman–Crippen LogP) is 4.86. The van der Waals surface area contributed by atoms with Crippen LogP contribution in [0.2, 0.25) is 0 Å². The Bertz CT molecular complexity index is 1030. The van der Waals surface area contributed by atoms with Gasteiger partial charge in [0, 0.05) is 23.8 Å². The average Bonchev–Trinajstić information content (AvgIpc) is 3.32. The molecule has 1 aromatic carbocycles. The number of ether oxygens (including phenoxy) is 1. The number of thiophene rings is 1. The zero-order valence-corrected chi connectivity index (χ0v) is 17.5. The van der Waals surface area contributed by atoms with Crippen molar-refractivity contribution < 1.29 is 23.1 Å². The fourth-order valence-corrected chi connectivity index (χ4v) is 3.06. The van der Waals surface area contributed by atoms with Crippen LogP contribution >= 0.6 is 11.3 Å². The molecule has 0 saturated carbocycles. The lowest BCUT2D eigenvalue weighted by Crippen LogP contribution is -2.27. The highest BCUT2D eigenvalue weighted by Crippen LogP contribution is 2.25. The molecule has 0 bridgehead atoms. The Kier molecular flexibility index (Phi) is 6.46. The van der Waals surface area contributed by atoms with Crippen LogP contribution in [0.1, 0.15) is 33.1 Å². The molecule has 2 amide bonds. The minimum absolute atomic E-state index is 0.0354. The number of carbonyl (C=O) groups excluding carboxylic acids is 2. The van der Waals surface area contributed by atoms with Crippen molar-refractivity contribution in [2.75, 3.05) is 10.6 Å². The second-order valence-corrected chi connectivity index (χ2v) is 8.16. The second-order valence-electron chi connectivity index (χ2n) is 7.38. The standard InChI is InChI=1S/C20H21FN4O4S/c1-20(2,3)29-19(27)23-14-5-4-13(21)10-15(14)22-16(26)6-7-17-24-25-18(28-17)12-8-9-30-11-12/h4-5,8-11H,6-7H2,1-3H3,(H,22,26)(H,23,27). The molecule has 0 aliphatic rings. The SMILES string of the molecule is CC(C)(C)OC(=O)Nc1ccc(F)cc1NC(=O)CCc1nnc(-c2ccsc2)o1. The summed E-state index contributed by atoms with van der Waals surface area (Å²) in [5.41, 5.74) is 0.465. The van der Waals surface area contributed by atoms with E-state index in [4.69, 9.17) is 9.15 Å². The molecule has 158 valence electrons. The summed E-state index contributed by atoms with van der Waals surface area (Å²) in [6, 6.07) is 5.50. The van der Waals surface area contributed by atoms with E-state index in [-0.39, 0.29) is 24.2 Å². The largest absolute Gasteiger partial charge is 0.444 e. The number of nitrogens with zero attached hydrogens (tertiary/aromatic N) is 2. The lowest BCUT2D eigenvalue weighted by atomic mass is 10.2. The number of aromatic nitrogens is 2. The fourth-order valence-electron chi connectivity index (χ4n) is 2.43. The maximum absolute atomic E-state index is 13.7. The van der Waals surface area contributed by atoms with E-state index in [2.05, 4.69) is 20.8 Å². The van der Waals surface area contributed by atoms with Gasteiger partial charge in [-0.2, -0.15) is 11.3 Å². The molecule has 30 heavy (non-hydrogen) atoms. The van der Waals surface area contributed by atoms with Crippen LogP contribution in [-0.2, 0) is 16.0 Å². The van der Waals surface area contributed by atoms with Gasteiger partial charge in [-0.1, -0.05) is 0 Å². The number of aryl methyl sites for hydroxylation is 1. The molecule has 0 aliphatic heterocycles. The lowest BCUT2D eigenvalue weighted by Gasteiger charge is -2.20. The summed E-state index contributed by atoms with van der Waals surface area (Å²) in [6.45, 7) is 5.17. The van der Waals surface area contributed by atoms with Gasteiger partial charge in [-0.25, -0.2) is 9.18 Å². The van der Waals surface area contributed by atoms with Crippen molar-refractivity contribution in [2.45, 2.75) is 39.2 Å². The van der Waals surface area contributed by atoms with Crippen molar-refractivity contribution in [2.24, 2.45) is 0 Å². The molecule has 2 N–H and O–H groups in total. The first kappa shape index (κ1) is 21.4. The number of anilines is 2. The molecule has 0 aliphatic carbocycles. The van der Waals surface area contributed by atoms with E-state index in [0.29, 0.717) is 11.8 Å². The summed E-state index contributed by atoms with van der Waals surface area (Å²) in [7, 11) is 0. The second kappa shape index (κ2) is 9.04. The topological polar surface area (TPSA) is 106 Å².